The molecular formula is C14H13BrFN3O3. The van der Waals surface area contributed by atoms with Crippen LogP contribution in [0.15, 0.2) is 29.0 Å². The third-order valence-corrected chi connectivity index (χ3v) is 3.89. The number of nitrogens with one attached hydrogen (secondary N) is 1. The van der Waals surface area contributed by atoms with Gasteiger partial charge >= 0.3 is 5.97 Å². The zero-order valence-electron chi connectivity index (χ0n) is 11.6. The van der Waals surface area contributed by atoms with Gasteiger partial charge < -0.3 is 10.4 Å². The van der Waals surface area contributed by atoms with E-state index in [1.54, 1.807) is 4.68 Å². The molecule has 8 heteroatoms. The number of aromatic carboxylic acids is 1. The van der Waals surface area contributed by atoms with Crippen molar-refractivity contribution in [3.05, 3.63) is 51.5 Å². The van der Waals surface area contributed by atoms with Crippen LogP contribution in [0.1, 0.15) is 33.2 Å². The number of nitrogens with zero attached hydrogens (tertiary/aromatic N) is 2. The number of carbonyl (C=O) groups is 2. The number of aryl methyl sites for hydroxylation is 1. The quantitative estimate of drug-likeness (QED) is 0.847. The average molecular weight is 370 g/mol. The van der Waals surface area contributed by atoms with Gasteiger partial charge in [0.1, 0.15) is 10.4 Å². The van der Waals surface area contributed by atoms with Gasteiger partial charge in [0, 0.05) is 18.7 Å². The number of halogens is 2. The molecule has 1 amide bonds. The van der Waals surface area contributed by atoms with Crippen molar-refractivity contribution in [1.29, 1.82) is 0 Å². The highest BCUT2D eigenvalue weighted by Gasteiger charge is 2.16. The van der Waals surface area contributed by atoms with Gasteiger partial charge in [0.2, 0.25) is 0 Å². The summed E-state index contributed by atoms with van der Waals surface area (Å²) < 4.78 is 15.8. The predicted molar refractivity (Wildman–Crippen MR) is 80.1 cm³/mol. The highest BCUT2D eigenvalue weighted by molar-refractivity contribution is 9.10. The molecule has 0 saturated carbocycles. The molecule has 0 fully saturated rings. The molecule has 0 aliphatic carbocycles. The van der Waals surface area contributed by atoms with Crippen LogP contribution in [0.25, 0.3) is 0 Å². The fourth-order valence-corrected chi connectivity index (χ4v) is 2.48. The van der Waals surface area contributed by atoms with Gasteiger partial charge in [-0.25, -0.2) is 9.18 Å². The van der Waals surface area contributed by atoms with E-state index in [1.807, 2.05) is 6.92 Å². The standard InChI is InChI=1S/C14H13BrFN3O3/c1-2-19-12(15)10(7-18-19)13(20)17-6-9-5-8(14(21)22)3-4-11(9)16/h3-5,7H,2,6H2,1H3,(H,17,20)(H,21,22). The van der Waals surface area contributed by atoms with Crippen LogP contribution < -0.4 is 5.32 Å². The van der Waals surface area contributed by atoms with E-state index < -0.39 is 17.7 Å². The molecule has 0 aliphatic heterocycles. The van der Waals surface area contributed by atoms with Gasteiger partial charge in [0.15, 0.2) is 0 Å². The number of aromatic nitrogens is 2. The third-order valence-electron chi connectivity index (χ3n) is 3.05. The number of hydrogen-bond donors (Lipinski definition) is 2. The van der Waals surface area contributed by atoms with E-state index >= 15 is 0 Å². The lowest BCUT2D eigenvalue weighted by molar-refractivity contribution is 0.0696. The molecule has 2 N–H and O–H groups in total. The minimum absolute atomic E-state index is 0.0365. The van der Waals surface area contributed by atoms with Crippen LogP contribution in [-0.4, -0.2) is 26.8 Å². The number of hydrogen-bond acceptors (Lipinski definition) is 3. The molecule has 1 aromatic heterocycles. The van der Waals surface area contributed by atoms with Gasteiger partial charge in [-0.15, -0.1) is 0 Å². The maximum absolute atomic E-state index is 13.7. The van der Waals surface area contributed by atoms with Gasteiger partial charge in [-0.3, -0.25) is 9.48 Å². The number of carbonyl (C=O) groups excluding carboxylic acids is 1. The second kappa shape index (κ2) is 6.69. The monoisotopic (exact) mass is 369 g/mol. The van der Waals surface area contributed by atoms with Crippen molar-refractivity contribution in [2.45, 2.75) is 20.0 Å². The summed E-state index contributed by atoms with van der Waals surface area (Å²) in [6, 6.07) is 3.43. The van der Waals surface area contributed by atoms with Gasteiger partial charge in [-0.2, -0.15) is 5.10 Å². The lowest BCUT2D eigenvalue weighted by atomic mass is 10.1. The number of rotatable bonds is 5. The van der Waals surface area contributed by atoms with E-state index in [1.165, 1.54) is 18.3 Å². The highest BCUT2D eigenvalue weighted by atomic mass is 79.9. The van der Waals surface area contributed by atoms with Crippen molar-refractivity contribution in [2.24, 2.45) is 0 Å². The summed E-state index contributed by atoms with van der Waals surface area (Å²) in [4.78, 5) is 22.9. The summed E-state index contributed by atoms with van der Waals surface area (Å²) in [5.41, 5.74) is 0.398. The van der Waals surface area contributed by atoms with Crippen molar-refractivity contribution in [1.82, 2.24) is 15.1 Å². The zero-order chi connectivity index (χ0) is 16.3. The Morgan fingerprint density at radius 2 is 2.18 bits per heavy atom. The molecule has 0 saturated heterocycles. The number of carboxylic acids is 1. The molecular weight excluding hydrogens is 357 g/mol. The first-order chi connectivity index (χ1) is 10.4. The van der Waals surface area contributed by atoms with Crippen LogP contribution in [0.5, 0.6) is 0 Å². The largest absolute Gasteiger partial charge is 0.478 e. The fourth-order valence-electron chi connectivity index (χ4n) is 1.86. The van der Waals surface area contributed by atoms with E-state index in [0.29, 0.717) is 16.7 Å². The maximum Gasteiger partial charge on any atom is 0.335 e. The summed E-state index contributed by atoms with van der Waals surface area (Å²) in [5.74, 6) is -2.15. The second-order valence-corrected chi connectivity index (χ2v) is 5.21. The Balaban J connectivity index is 2.12. The van der Waals surface area contributed by atoms with Gasteiger partial charge in [-0.05, 0) is 41.1 Å². The lowest BCUT2D eigenvalue weighted by Crippen LogP contribution is -2.23. The fraction of sp³-hybridized carbons (Fsp3) is 0.214. The van der Waals surface area contributed by atoms with Crippen molar-refractivity contribution in [3.8, 4) is 0 Å². The normalized spacial score (nSPS) is 10.5. The van der Waals surface area contributed by atoms with Crippen LogP contribution >= 0.6 is 15.9 Å². The second-order valence-electron chi connectivity index (χ2n) is 4.46. The van der Waals surface area contributed by atoms with Crippen molar-refractivity contribution in [3.63, 3.8) is 0 Å². The molecule has 116 valence electrons. The van der Waals surface area contributed by atoms with Crippen LogP contribution in [0.4, 0.5) is 4.39 Å². The van der Waals surface area contributed by atoms with Gasteiger partial charge in [0.25, 0.3) is 5.91 Å². The topological polar surface area (TPSA) is 84.2 Å². The predicted octanol–water partition coefficient (Wildman–Crippen LogP) is 2.43. The molecule has 6 nitrogen and oxygen atoms in total. The molecule has 0 radical (unpaired) electrons. The van der Waals surface area contributed by atoms with Crippen molar-refractivity contribution >= 4 is 27.8 Å². The van der Waals surface area contributed by atoms with Crippen LogP contribution in [0.2, 0.25) is 0 Å². The van der Waals surface area contributed by atoms with E-state index in [9.17, 15) is 14.0 Å². The molecule has 2 rings (SSSR count). The Morgan fingerprint density at radius 1 is 1.45 bits per heavy atom. The van der Waals surface area contributed by atoms with Crippen LogP contribution in [0.3, 0.4) is 0 Å². The average Bonchev–Trinajstić information content (AvgIpc) is 2.86. The minimum atomic E-state index is -1.15. The SMILES string of the molecule is CCn1ncc(C(=O)NCc2cc(C(=O)O)ccc2F)c1Br. The molecule has 0 unspecified atom stereocenters. The molecule has 0 aliphatic rings. The number of amides is 1. The van der Waals surface area contributed by atoms with E-state index in [2.05, 4.69) is 26.3 Å². The zero-order valence-corrected chi connectivity index (χ0v) is 13.2. The van der Waals surface area contributed by atoms with Crippen molar-refractivity contribution in [2.75, 3.05) is 0 Å². The Hall–Kier alpha value is -2.22. The Morgan fingerprint density at radius 3 is 2.77 bits per heavy atom. The lowest BCUT2D eigenvalue weighted by Gasteiger charge is -2.07. The van der Waals surface area contributed by atoms with E-state index in [-0.39, 0.29) is 17.7 Å². The summed E-state index contributed by atoms with van der Waals surface area (Å²) in [5, 5.41) is 15.5. The molecule has 0 spiro atoms. The third kappa shape index (κ3) is 3.33. The summed E-state index contributed by atoms with van der Waals surface area (Å²) in [6.45, 7) is 2.37. The number of carboxylic acid groups (broad SMARTS) is 1. The van der Waals surface area contributed by atoms with Gasteiger partial charge in [-0.1, -0.05) is 0 Å². The first-order valence-electron chi connectivity index (χ1n) is 6.45. The van der Waals surface area contributed by atoms with Crippen LogP contribution in [-0.2, 0) is 13.1 Å². The first kappa shape index (κ1) is 16.2. The molecule has 0 bridgehead atoms. The first-order valence-corrected chi connectivity index (χ1v) is 7.24. The summed E-state index contributed by atoms with van der Waals surface area (Å²) in [7, 11) is 0. The summed E-state index contributed by atoms with van der Waals surface area (Å²) in [6.07, 6.45) is 1.41. The van der Waals surface area contributed by atoms with Gasteiger partial charge in [0.05, 0.1) is 17.3 Å². The molecule has 2 aromatic rings. The maximum atomic E-state index is 13.7. The Bertz CT molecular complexity index is 730. The van der Waals surface area contributed by atoms with E-state index in [4.69, 9.17) is 5.11 Å². The molecule has 0 atom stereocenters. The molecule has 22 heavy (non-hydrogen) atoms. The van der Waals surface area contributed by atoms with Crippen molar-refractivity contribution < 1.29 is 19.1 Å². The highest BCUT2D eigenvalue weighted by Crippen LogP contribution is 2.16. The number of benzene rings is 1. The minimum Gasteiger partial charge on any atom is -0.478 e. The smallest absolute Gasteiger partial charge is 0.335 e. The Labute approximate surface area is 134 Å². The Kier molecular flexibility index (Phi) is 4.92. The van der Waals surface area contributed by atoms with Crippen LogP contribution in [0, 0.1) is 5.82 Å². The summed E-state index contributed by atoms with van der Waals surface area (Å²) >= 11 is 3.27. The molecule has 1 aromatic carbocycles. The molecule has 1 heterocycles. The van der Waals surface area contributed by atoms with E-state index in [0.717, 1.165) is 6.07 Å².